The quantitative estimate of drug-likeness (QED) is 0.179. The van der Waals surface area contributed by atoms with Gasteiger partial charge in [0.1, 0.15) is 35.6 Å². The summed E-state index contributed by atoms with van der Waals surface area (Å²) in [5.74, 6) is -1.50. The lowest BCUT2D eigenvalue weighted by Crippen LogP contribution is -2.48. The molecule has 54 heavy (non-hydrogen) atoms. The van der Waals surface area contributed by atoms with E-state index in [1.165, 1.54) is 9.80 Å². The molecule has 290 valence electrons. The number of ether oxygens (including phenoxy) is 5. The van der Waals surface area contributed by atoms with Crippen LogP contribution in [-0.4, -0.2) is 93.6 Å². The summed E-state index contributed by atoms with van der Waals surface area (Å²) < 4.78 is 28.3. The molecule has 2 aromatic carbocycles. The SMILES string of the molecule is C[C@H]1CCC(C(=O)OC2CCc3cc4c(cc3C2=O)OCc2cc(C(=O)COC(=O)[C@@H]3CC[C@H](C)N3C(=O)OC(C)(C)C)ccc2-4)N1C(=O)OC(C)(C)C. The van der Waals surface area contributed by atoms with Crippen LogP contribution in [0.15, 0.2) is 30.3 Å². The molecule has 4 aliphatic rings. The standard InChI is InChI=1S/C41H50N2O11/c1-22-9-14-30(42(22)38(48)53-40(3,4)5)36(46)51-21-32(44)25-11-13-27-26(17-25)20-50-34-19-28-24(18-29(27)34)12-16-33(35(28)45)52-37(47)31-15-10-23(2)43(31)39(49)54-41(6,7)8/h11,13,17-19,22-23,30-31,33H,9-10,12,14-16,20-21H2,1-8H3/t22-,23-,30-,31?,33?/m0/s1. The summed E-state index contributed by atoms with van der Waals surface area (Å²) in [5.41, 5.74) is 2.49. The van der Waals surface area contributed by atoms with Gasteiger partial charge in [0, 0.05) is 28.8 Å². The van der Waals surface area contributed by atoms with Crippen molar-refractivity contribution in [2.75, 3.05) is 6.61 Å². The number of carbonyl (C=O) groups is 6. The molecule has 2 unspecified atom stereocenters. The molecule has 5 atom stereocenters. The van der Waals surface area contributed by atoms with Gasteiger partial charge in [0.2, 0.25) is 5.78 Å². The fourth-order valence-electron chi connectivity index (χ4n) is 7.61. The Labute approximate surface area is 315 Å². The van der Waals surface area contributed by atoms with Gasteiger partial charge in [0.15, 0.2) is 18.5 Å². The second kappa shape index (κ2) is 14.7. The van der Waals surface area contributed by atoms with Crippen LogP contribution in [0, 0.1) is 0 Å². The number of esters is 2. The van der Waals surface area contributed by atoms with E-state index in [4.69, 9.17) is 23.7 Å². The van der Waals surface area contributed by atoms with Crippen LogP contribution < -0.4 is 4.74 Å². The lowest BCUT2D eigenvalue weighted by molar-refractivity contribution is -0.153. The molecule has 0 radical (unpaired) electrons. The Morgan fingerprint density at radius 3 is 1.91 bits per heavy atom. The number of ketones is 2. The third-order valence-electron chi connectivity index (χ3n) is 10.2. The molecule has 0 spiro atoms. The van der Waals surface area contributed by atoms with Crippen molar-refractivity contribution in [3.8, 4) is 16.9 Å². The van der Waals surface area contributed by atoms with E-state index in [1.807, 2.05) is 26.0 Å². The fourth-order valence-corrected chi connectivity index (χ4v) is 7.61. The fraction of sp³-hybridized carbons (Fsp3) is 0.561. The van der Waals surface area contributed by atoms with Crippen LogP contribution in [0.25, 0.3) is 11.1 Å². The van der Waals surface area contributed by atoms with E-state index >= 15 is 0 Å². The van der Waals surface area contributed by atoms with Gasteiger partial charge in [0.25, 0.3) is 0 Å². The molecular formula is C41H50N2O11. The third kappa shape index (κ3) is 8.09. The Balaban J connectivity index is 1.10. The number of likely N-dealkylation sites (tertiary alicyclic amines) is 2. The smallest absolute Gasteiger partial charge is 0.411 e. The first-order chi connectivity index (χ1) is 25.3. The first kappa shape index (κ1) is 38.8. The molecular weight excluding hydrogens is 696 g/mol. The molecule has 13 nitrogen and oxygen atoms in total. The van der Waals surface area contributed by atoms with Crippen molar-refractivity contribution in [1.29, 1.82) is 0 Å². The lowest BCUT2D eigenvalue weighted by atomic mass is 9.84. The third-order valence-corrected chi connectivity index (χ3v) is 10.2. The van der Waals surface area contributed by atoms with Crippen molar-refractivity contribution in [2.45, 2.75) is 142 Å². The van der Waals surface area contributed by atoms with Gasteiger partial charge in [-0.2, -0.15) is 0 Å². The largest absolute Gasteiger partial charge is 0.488 e. The van der Waals surface area contributed by atoms with E-state index < -0.39 is 65.9 Å². The highest BCUT2D eigenvalue weighted by atomic mass is 16.6. The molecule has 0 aromatic heterocycles. The molecule has 2 aromatic rings. The van der Waals surface area contributed by atoms with Crippen LogP contribution >= 0.6 is 0 Å². The second-order valence-corrected chi connectivity index (χ2v) is 16.7. The number of hydrogen-bond acceptors (Lipinski definition) is 11. The molecule has 2 amide bonds. The Hall–Kier alpha value is -4.94. The molecule has 13 heteroatoms. The first-order valence-electron chi connectivity index (χ1n) is 18.7. The van der Waals surface area contributed by atoms with Crippen molar-refractivity contribution in [2.24, 2.45) is 0 Å². The zero-order valence-corrected chi connectivity index (χ0v) is 32.3. The second-order valence-electron chi connectivity index (χ2n) is 16.7. The molecule has 3 heterocycles. The van der Waals surface area contributed by atoms with Crippen LogP contribution in [0.5, 0.6) is 5.75 Å². The summed E-state index contributed by atoms with van der Waals surface area (Å²) in [5, 5.41) is 0. The predicted octanol–water partition coefficient (Wildman–Crippen LogP) is 6.59. The minimum atomic E-state index is -0.990. The summed E-state index contributed by atoms with van der Waals surface area (Å²) in [6.07, 6.45) is 0.670. The molecule has 2 saturated heterocycles. The van der Waals surface area contributed by atoms with Crippen molar-refractivity contribution < 1.29 is 52.5 Å². The van der Waals surface area contributed by atoms with E-state index in [1.54, 1.807) is 59.7 Å². The number of aryl methyl sites for hydroxylation is 1. The molecule has 0 N–H and O–H groups in total. The van der Waals surface area contributed by atoms with Gasteiger partial charge in [-0.15, -0.1) is 0 Å². The van der Waals surface area contributed by atoms with Crippen molar-refractivity contribution >= 4 is 35.7 Å². The number of nitrogens with zero attached hydrogens (tertiary/aromatic N) is 2. The summed E-state index contributed by atoms with van der Waals surface area (Å²) in [6.45, 7) is 13.9. The van der Waals surface area contributed by atoms with E-state index in [0.717, 1.165) is 22.3 Å². The number of Topliss-reactive ketones (excluding diaryl/α,β-unsaturated/α-hetero) is 2. The van der Waals surface area contributed by atoms with Crippen LogP contribution in [0.2, 0.25) is 0 Å². The van der Waals surface area contributed by atoms with Crippen LogP contribution in [0.4, 0.5) is 9.59 Å². The highest BCUT2D eigenvalue weighted by molar-refractivity contribution is 6.04. The minimum absolute atomic E-state index is 0.139. The highest BCUT2D eigenvalue weighted by Crippen LogP contribution is 2.42. The predicted molar refractivity (Wildman–Crippen MR) is 195 cm³/mol. The Kier molecular flexibility index (Phi) is 10.6. The van der Waals surface area contributed by atoms with E-state index in [2.05, 4.69) is 0 Å². The van der Waals surface area contributed by atoms with E-state index in [0.29, 0.717) is 55.4 Å². The van der Waals surface area contributed by atoms with Crippen LogP contribution in [0.3, 0.4) is 0 Å². The van der Waals surface area contributed by atoms with E-state index in [9.17, 15) is 28.8 Å². The summed E-state index contributed by atoms with van der Waals surface area (Å²) in [4.78, 5) is 81.8. The number of carbonyl (C=O) groups excluding carboxylic acids is 6. The Morgan fingerprint density at radius 2 is 1.31 bits per heavy atom. The molecule has 3 aliphatic heterocycles. The maximum Gasteiger partial charge on any atom is 0.411 e. The zero-order chi connectivity index (χ0) is 39.3. The molecule has 0 bridgehead atoms. The maximum atomic E-state index is 13.7. The molecule has 1 aliphatic carbocycles. The average Bonchev–Trinajstić information content (AvgIpc) is 3.68. The van der Waals surface area contributed by atoms with Gasteiger partial charge in [-0.3, -0.25) is 19.4 Å². The van der Waals surface area contributed by atoms with Gasteiger partial charge < -0.3 is 23.7 Å². The van der Waals surface area contributed by atoms with Gasteiger partial charge >= 0.3 is 24.1 Å². The number of rotatable bonds is 6. The highest BCUT2D eigenvalue weighted by Gasteiger charge is 2.44. The lowest BCUT2D eigenvalue weighted by Gasteiger charge is -2.32. The molecule has 0 saturated carbocycles. The number of fused-ring (bicyclic) bond motifs is 4. The maximum absolute atomic E-state index is 13.7. The Morgan fingerprint density at radius 1 is 0.722 bits per heavy atom. The molecule has 2 fully saturated rings. The number of amides is 2. The topological polar surface area (TPSA) is 155 Å². The van der Waals surface area contributed by atoms with Crippen LogP contribution in [-0.2, 0) is 41.6 Å². The van der Waals surface area contributed by atoms with Gasteiger partial charge in [-0.1, -0.05) is 12.1 Å². The summed E-state index contributed by atoms with van der Waals surface area (Å²) in [6, 6.07) is 6.71. The van der Waals surface area contributed by atoms with Crippen molar-refractivity contribution in [3.05, 3.63) is 52.6 Å². The van der Waals surface area contributed by atoms with E-state index in [-0.39, 0.29) is 24.5 Å². The van der Waals surface area contributed by atoms with Crippen molar-refractivity contribution in [1.82, 2.24) is 9.80 Å². The van der Waals surface area contributed by atoms with Gasteiger partial charge in [-0.05, 0) is 129 Å². The van der Waals surface area contributed by atoms with Crippen LogP contribution in [0.1, 0.15) is 119 Å². The number of benzene rings is 2. The average molecular weight is 747 g/mol. The van der Waals surface area contributed by atoms with Crippen molar-refractivity contribution in [3.63, 3.8) is 0 Å². The Bertz CT molecular complexity index is 1870. The minimum Gasteiger partial charge on any atom is -0.488 e. The normalized spacial score (nSPS) is 23.4. The molecule has 6 rings (SSSR count). The summed E-state index contributed by atoms with van der Waals surface area (Å²) >= 11 is 0. The zero-order valence-electron chi connectivity index (χ0n) is 32.3. The summed E-state index contributed by atoms with van der Waals surface area (Å²) in [7, 11) is 0. The first-order valence-corrected chi connectivity index (χ1v) is 18.7. The van der Waals surface area contributed by atoms with Gasteiger partial charge in [-0.25, -0.2) is 19.2 Å². The van der Waals surface area contributed by atoms with Gasteiger partial charge in [0.05, 0.1) is 0 Å². The number of hydrogen-bond donors (Lipinski definition) is 0. The monoisotopic (exact) mass is 746 g/mol.